The molecule has 0 bridgehead atoms. The fourth-order valence-corrected chi connectivity index (χ4v) is 3.29. The number of rotatable bonds is 5. The topological polar surface area (TPSA) is 95.7 Å². The van der Waals surface area contributed by atoms with Crippen molar-refractivity contribution in [1.29, 1.82) is 0 Å². The molecular weight excluding hydrogens is 367 g/mol. The summed E-state index contributed by atoms with van der Waals surface area (Å²) in [6.45, 7) is 1.91. The number of nitrogen functional groups attached to an aromatic ring is 1. The van der Waals surface area contributed by atoms with E-state index in [9.17, 15) is 4.39 Å². The average molecular weight is 382 g/mol. The number of halogens is 1. The molecule has 0 aliphatic heterocycles. The van der Waals surface area contributed by atoms with Crippen LogP contribution in [0.4, 0.5) is 4.39 Å². The molecule has 2 heterocycles. The van der Waals surface area contributed by atoms with Gasteiger partial charge < -0.3 is 10.3 Å². The Balaban J connectivity index is 1.54. The minimum Gasteiger partial charge on any atom is -0.419 e. The standard InChI is InChI=1S/C18H15FN6OS/c1-11(16-22-23-17(26-16)12-6-3-2-4-7-12)27-18-24-21-15(25(18)20)13-8-5-9-14(19)10-13/h2-11H,20H2,1H3/t11-/m1/s1. The lowest BCUT2D eigenvalue weighted by Gasteiger charge is -2.06. The molecule has 9 heteroatoms. The van der Waals surface area contributed by atoms with E-state index < -0.39 is 0 Å². The Kier molecular flexibility index (Phi) is 4.59. The first-order valence-electron chi connectivity index (χ1n) is 8.13. The minimum absolute atomic E-state index is 0.193. The molecule has 27 heavy (non-hydrogen) atoms. The van der Waals surface area contributed by atoms with Crippen molar-refractivity contribution in [1.82, 2.24) is 25.1 Å². The second-order valence-electron chi connectivity index (χ2n) is 5.76. The van der Waals surface area contributed by atoms with E-state index in [1.807, 2.05) is 37.3 Å². The van der Waals surface area contributed by atoms with Crippen LogP contribution in [-0.2, 0) is 0 Å². The van der Waals surface area contributed by atoms with Gasteiger partial charge in [-0.3, -0.25) is 0 Å². The highest BCUT2D eigenvalue weighted by molar-refractivity contribution is 7.99. The van der Waals surface area contributed by atoms with Gasteiger partial charge in [0.15, 0.2) is 5.82 Å². The summed E-state index contributed by atoms with van der Waals surface area (Å²) in [5.41, 5.74) is 1.40. The van der Waals surface area contributed by atoms with Crippen LogP contribution in [0, 0.1) is 5.82 Å². The van der Waals surface area contributed by atoms with Crippen molar-refractivity contribution in [3.05, 3.63) is 66.3 Å². The molecule has 1 atom stereocenters. The summed E-state index contributed by atoms with van der Waals surface area (Å²) in [6, 6.07) is 15.6. The third kappa shape index (κ3) is 3.54. The van der Waals surface area contributed by atoms with Crippen LogP contribution in [0.25, 0.3) is 22.8 Å². The van der Waals surface area contributed by atoms with Crippen molar-refractivity contribution in [2.75, 3.05) is 5.84 Å². The molecule has 2 aromatic carbocycles. The zero-order valence-corrected chi connectivity index (χ0v) is 15.1. The van der Waals surface area contributed by atoms with Gasteiger partial charge in [-0.1, -0.05) is 42.1 Å². The van der Waals surface area contributed by atoms with E-state index in [1.165, 1.54) is 28.6 Å². The Hall–Kier alpha value is -3.20. The van der Waals surface area contributed by atoms with Gasteiger partial charge in [-0.2, -0.15) is 0 Å². The third-order valence-corrected chi connectivity index (χ3v) is 4.88. The molecule has 7 nitrogen and oxygen atoms in total. The molecule has 0 aliphatic carbocycles. The van der Waals surface area contributed by atoms with Gasteiger partial charge in [-0.25, -0.2) is 9.07 Å². The number of hydrogen-bond acceptors (Lipinski definition) is 7. The first kappa shape index (κ1) is 17.2. The van der Waals surface area contributed by atoms with Gasteiger partial charge >= 0.3 is 0 Å². The molecule has 136 valence electrons. The highest BCUT2D eigenvalue weighted by Gasteiger charge is 2.20. The summed E-state index contributed by atoms with van der Waals surface area (Å²) in [7, 11) is 0. The first-order valence-corrected chi connectivity index (χ1v) is 9.01. The number of thioether (sulfide) groups is 1. The average Bonchev–Trinajstić information content (AvgIpc) is 3.30. The molecular formula is C18H15FN6OS. The molecule has 0 spiro atoms. The van der Waals surface area contributed by atoms with Gasteiger partial charge in [-0.05, 0) is 31.2 Å². The van der Waals surface area contributed by atoms with Gasteiger partial charge in [0.2, 0.25) is 16.9 Å². The van der Waals surface area contributed by atoms with Gasteiger partial charge in [0, 0.05) is 11.1 Å². The zero-order chi connectivity index (χ0) is 18.8. The van der Waals surface area contributed by atoms with Crippen molar-refractivity contribution in [2.24, 2.45) is 0 Å². The van der Waals surface area contributed by atoms with E-state index in [1.54, 1.807) is 12.1 Å². The SMILES string of the molecule is C[C@@H](Sc1nnc(-c2cccc(F)c2)n1N)c1nnc(-c2ccccc2)o1. The molecule has 0 saturated heterocycles. The lowest BCUT2D eigenvalue weighted by atomic mass is 10.2. The molecule has 0 fully saturated rings. The van der Waals surface area contributed by atoms with Crippen molar-refractivity contribution in [3.8, 4) is 22.8 Å². The van der Waals surface area contributed by atoms with Crippen LogP contribution < -0.4 is 5.84 Å². The van der Waals surface area contributed by atoms with E-state index in [2.05, 4.69) is 20.4 Å². The zero-order valence-electron chi connectivity index (χ0n) is 14.3. The lowest BCUT2D eigenvalue weighted by molar-refractivity contribution is 0.509. The second kappa shape index (κ2) is 7.20. The van der Waals surface area contributed by atoms with Crippen LogP contribution in [0.5, 0.6) is 0 Å². The Bertz CT molecular complexity index is 1060. The van der Waals surface area contributed by atoms with E-state index >= 15 is 0 Å². The summed E-state index contributed by atoms with van der Waals surface area (Å²) in [6.07, 6.45) is 0. The molecule has 4 aromatic rings. The Morgan fingerprint density at radius 1 is 1.00 bits per heavy atom. The molecule has 2 aromatic heterocycles. The highest BCUT2D eigenvalue weighted by atomic mass is 32.2. The third-order valence-electron chi connectivity index (χ3n) is 3.84. The van der Waals surface area contributed by atoms with Crippen LogP contribution in [0.1, 0.15) is 18.1 Å². The van der Waals surface area contributed by atoms with Gasteiger partial charge in [0.25, 0.3) is 0 Å². The summed E-state index contributed by atoms with van der Waals surface area (Å²) < 4.78 is 20.5. The lowest BCUT2D eigenvalue weighted by Crippen LogP contribution is -2.12. The Morgan fingerprint density at radius 2 is 1.78 bits per heavy atom. The van der Waals surface area contributed by atoms with Crippen molar-refractivity contribution in [3.63, 3.8) is 0 Å². The quantitative estimate of drug-likeness (QED) is 0.415. The summed E-state index contributed by atoms with van der Waals surface area (Å²) in [5.74, 6) is 7.01. The van der Waals surface area contributed by atoms with Crippen molar-refractivity contribution >= 4 is 11.8 Å². The smallest absolute Gasteiger partial charge is 0.247 e. The van der Waals surface area contributed by atoms with Crippen molar-refractivity contribution < 1.29 is 8.81 Å². The van der Waals surface area contributed by atoms with E-state index in [0.29, 0.717) is 28.3 Å². The fourth-order valence-electron chi connectivity index (χ4n) is 2.49. The Labute approximate surface area is 158 Å². The van der Waals surface area contributed by atoms with Crippen LogP contribution in [0.15, 0.2) is 64.2 Å². The van der Waals surface area contributed by atoms with Crippen LogP contribution in [0.2, 0.25) is 0 Å². The highest BCUT2D eigenvalue weighted by Crippen LogP contribution is 2.34. The van der Waals surface area contributed by atoms with E-state index in [4.69, 9.17) is 10.3 Å². The van der Waals surface area contributed by atoms with Crippen molar-refractivity contribution in [2.45, 2.75) is 17.3 Å². The number of nitrogens with zero attached hydrogens (tertiary/aromatic N) is 5. The predicted octanol–water partition coefficient (Wildman–Crippen LogP) is 3.70. The summed E-state index contributed by atoms with van der Waals surface area (Å²) >= 11 is 1.33. The molecule has 2 N–H and O–H groups in total. The number of nitrogens with two attached hydrogens (primary N) is 1. The Morgan fingerprint density at radius 3 is 2.56 bits per heavy atom. The van der Waals surface area contributed by atoms with Gasteiger partial charge in [-0.15, -0.1) is 20.4 Å². The maximum atomic E-state index is 13.4. The number of hydrogen-bond donors (Lipinski definition) is 1. The maximum Gasteiger partial charge on any atom is 0.247 e. The number of aromatic nitrogens is 5. The van der Waals surface area contributed by atoms with E-state index in [-0.39, 0.29) is 11.1 Å². The monoisotopic (exact) mass is 382 g/mol. The molecule has 0 amide bonds. The normalized spacial score (nSPS) is 12.2. The molecule has 0 aliphatic rings. The van der Waals surface area contributed by atoms with Crippen LogP contribution in [-0.4, -0.2) is 25.1 Å². The van der Waals surface area contributed by atoms with Gasteiger partial charge in [0.1, 0.15) is 5.82 Å². The number of benzene rings is 2. The van der Waals surface area contributed by atoms with E-state index in [0.717, 1.165) is 5.56 Å². The summed E-state index contributed by atoms with van der Waals surface area (Å²) in [4.78, 5) is 0. The van der Waals surface area contributed by atoms with Gasteiger partial charge in [0.05, 0.1) is 5.25 Å². The predicted molar refractivity (Wildman–Crippen MR) is 99.6 cm³/mol. The minimum atomic E-state index is -0.364. The van der Waals surface area contributed by atoms with Crippen LogP contribution in [0.3, 0.4) is 0 Å². The maximum absolute atomic E-state index is 13.4. The second-order valence-corrected chi connectivity index (χ2v) is 7.07. The molecule has 0 saturated carbocycles. The van der Waals surface area contributed by atoms with Crippen LogP contribution >= 0.6 is 11.8 Å². The molecule has 0 radical (unpaired) electrons. The summed E-state index contributed by atoms with van der Waals surface area (Å²) in [5, 5.41) is 16.6. The molecule has 4 rings (SSSR count). The first-order chi connectivity index (χ1) is 13.1. The fraction of sp³-hybridized carbons (Fsp3) is 0.111. The largest absolute Gasteiger partial charge is 0.419 e. The molecule has 0 unspecified atom stereocenters.